The number of hydrogen-bond acceptors (Lipinski definition) is 8. The van der Waals surface area contributed by atoms with E-state index in [2.05, 4.69) is 69.3 Å². The number of thioether (sulfide) groups is 1. The molecule has 38 heavy (non-hydrogen) atoms. The highest BCUT2D eigenvalue weighted by molar-refractivity contribution is 8.18. The monoisotopic (exact) mass is 531 g/mol. The fourth-order valence-electron chi connectivity index (χ4n) is 5.14. The van der Waals surface area contributed by atoms with Crippen LogP contribution in [0.4, 0.5) is 10.7 Å². The number of aromatic nitrogens is 2. The van der Waals surface area contributed by atoms with Gasteiger partial charge in [0.2, 0.25) is 5.95 Å². The van der Waals surface area contributed by atoms with Gasteiger partial charge in [-0.1, -0.05) is 37.3 Å². The van der Waals surface area contributed by atoms with E-state index in [0.29, 0.717) is 28.5 Å². The average Bonchev–Trinajstić information content (AvgIpc) is 3.24. The van der Waals surface area contributed by atoms with Crippen molar-refractivity contribution < 1.29 is 14.3 Å². The van der Waals surface area contributed by atoms with Crippen molar-refractivity contribution in [2.24, 2.45) is 5.92 Å². The Hall–Kier alpha value is -3.43. The quantitative estimate of drug-likeness (QED) is 0.396. The van der Waals surface area contributed by atoms with Crippen LogP contribution in [0.2, 0.25) is 0 Å². The first-order valence-electron chi connectivity index (χ1n) is 13.1. The summed E-state index contributed by atoms with van der Waals surface area (Å²) in [6.07, 6.45) is 13.0. The number of nitrogens with zero attached hydrogens (tertiary/aromatic N) is 2. The van der Waals surface area contributed by atoms with E-state index in [0.717, 1.165) is 56.2 Å². The molecule has 1 unspecified atom stereocenters. The molecule has 2 amide bonds. The molecule has 0 bridgehead atoms. The minimum absolute atomic E-state index is 0.290. The predicted octanol–water partition coefficient (Wildman–Crippen LogP) is 5.27. The van der Waals surface area contributed by atoms with Crippen molar-refractivity contribution in [1.82, 2.24) is 20.6 Å². The predicted molar refractivity (Wildman–Crippen MR) is 151 cm³/mol. The van der Waals surface area contributed by atoms with Gasteiger partial charge in [-0.25, -0.2) is 9.97 Å². The van der Waals surface area contributed by atoms with Crippen LogP contribution in [0, 0.1) is 5.92 Å². The second-order valence-corrected chi connectivity index (χ2v) is 11.0. The highest BCUT2D eigenvalue weighted by atomic mass is 32.2. The van der Waals surface area contributed by atoms with Crippen LogP contribution in [0.5, 0.6) is 0 Å². The first kappa shape index (κ1) is 26.2. The van der Waals surface area contributed by atoms with Crippen LogP contribution in [0.15, 0.2) is 59.3 Å². The van der Waals surface area contributed by atoms with Gasteiger partial charge in [0.15, 0.2) is 0 Å². The minimum atomic E-state index is -0.387. The number of amides is 2. The minimum Gasteiger partial charge on any atom is -0.496 e. The molecule has 198 valence electrons. The van der Waals surface area contributed by atoms with E-state index < -0.39 is 0 Å². The van der Waals surface area contributed by atoms with Crippen molar-refractivity contribution in [2.75, 3.05) is 12.4 Å². The van der Waals surface area contributed by atoms with Crippen LogP contribution in [-0.4, -0.2) is 40.3 Å². The maximum Gasteiger partial charge on any atom is 0.290 e. The average molecular weight is 532 g/mol. The molecule has 8 nitrogen and oxygen atoms in total. The van der Waals surface area contributed by atoms with Crippen LogP contribution < -0.4 is 16.0 Å². The zero-order valence-electron chi connectivity index (χ0n) is 21.7. The van der Waals surface area contributed by atoms with E-state index >= 15 is 0 Å². The molecule has 1 aromatic carbocycles. The summed E-state index contributed by atoms with van der Waals surface area (Å²) >= 11 is 0.885. The zero-order valence-corrected chi connectivity index (χ0v) is 22.5. The van der Waals surface area contributed by atoms with Crippen molar-refractivity contribution in [3.63, 3.8) is 0 Å². The number of ether oxygens (including phenoxy) is 1. The summed E-state index contributed by atoms with van der Waals surface area (Å²) in [7, 11) is 1.75. The molecule has 3 aliphatic rings. The molecule has 2 heterocycles. The normalized spacial score (nSPS) is 24.6. The number of anilines is 1. The Morgan fingerprint density at radius 3 is 2.68 bits per heavy atom. The molecule has 1 aliphatic heterocycles. The van der Waals surface area contributed by atoms with E-state index in [-0.39, 0.29) is 17.2 Å². The summed E-state index contributed by atoms with van der Waals surface area (Å²) in [5, 5.41) is 9.12. The van der Waals surface area contributed by atoms with Crippen LogP contribution in [0.3, 0.4) is 0 Å². The molecule has 0 radical (unpaired) electrons. The van der Waals surface area contributed by atoms with E-state index in [1.807, 2.05) is 0 Å². The van der Waals surface area contributed by atoms with E-state index in [1.165, 1.54) is 16.7 Å². The molecule has 2 fully saturated rings. The van der Waals surface area contributed by atoms with Crippen molar-refractivity contribution in [1.29, 1.82) is 0 Å². The summed E-state index contributed by atoms with van der Waals surface area (Å²) in [6, 6.07) is 11.0. The van der Waals surface area contributed by atoms with Gasteiger partial charge >= 0.3 is 0 Å². The molecule has 1 saturated heterocycles. The Morgan fingerprint density at radius 2 is 1.92 bits per heavy atom. The Balaban J connectivity index is 1.14. The van der Waals surface area contributed by atoms with Crippen molar-refractivity contribution in [3.8, 4) is 0 Å². The molecule has 2 aliphatic carbocycles. The third kappa shape index (κ3) is 6.34. The Labute approximate surface area is 227 Å². The lowest BCUT2D eigenvalue weighted by Crippen LogP contribution is -2.37. The number of nitrogens with one attached hydrogen (secondary N) is 3. The number of carbonyl (C=O) groups excluding carboxylic acids is 2. The molecule has 5 rings (SSSR count). The molecular formula is C29H33N5O3S. The lowest BCUT2D eigenvalue weighted by molar-refractivity contribution is -0.115. The number of carbonyl (C=O) groups is 2. The van der Waals surface area contributed by atoms with Crippen LogP contribution in [0.1, 0.15) is 55.8 Å². The van der Waals surface area contributed by atoms with Gasteiger partial charge in [0.05, 0.1) is 17.7 Å². The highest BCUT2D eigenvalue weighted by Gasteiger charge is 2.26. The van der Waals surface area contributed by atoms with Crippen molar-refractivity contribution in [2.45, 2.75) is 57.7 Å². The molecule has 1 aromatic heterocycles. The van der Waals surface area contributed by atoms with Crippen LogP contribution in [-0.2, 0) is 16.1 Å². The van der Waals surface area contributed by atoms with Gasteiger partial charge in [-0.15, -0.1) is 0 Å². The van der Waals surface area contributed by atoms with Crippen molar-refractivity contribution in [3.05, 3.63) is 76.2 Å². The molecule has 1 atom stereocenters. The first-order chi connectivity index (χ1) is 18.5. The van der Waals surface area contributed by atoms with Gasteiger partial charge in [-0.05, 0) is 79.1 Å². The van der Waals surface area contributed by atoms with Gasteiger partial charge < -0.3 is 15.4 Å². The fraction of sp³-hybridized carbons (Fsp3) is 0.379. The number of benzene rings is 1. The zero-order chi connectivity index (χ0) is 26.5. The molecule has 9 heteroatoms. The number of methoxy groups -OCH3 is 1. The molecular weight excluding hydrogens is 498 g/mol. The van der Waals surface area contributed by atoms with Gasteiger partial charge in [-0.3, -0.25) is 14.9 Å². The van der Waals surface area contributed by atoms with Gasteiger partial charge in [0, 0.05) is 30.4 Å². The maximum atomic E-state index is 11.8. The van der Waals surface area contributed by atoms with Gasteiger partial charge in [0.25, 0.3) is 11.1 Å². The van der Waals surface area contributed by atoms with Gasteiger partial charge in [0.1, 0.15) is 5.76 Å². The third-order valence-corrected chi connectivity index (χ3v) is 7.97. The topological polar surface area (TPSA) is 105 Å². The summed E-state index contributed by atoms with van der Waals surface area (Å²) in [6.45, 7) is 3.03. The van der Waals surface area contributed by atoms with E-state index in [1.54, 1.807) is 25.4 Å². The summed E-state index contributed by atoms with van der Waals surface area (Å²) < 4.78 is 5.71. The highest BCUT2D eigenvalue weighted by Crippen LogP contribution is 2.33. The summed E-state index contributed by atoms with van der Waals surface area (Å²) in [4.78, 5) is 32.4. The standard InChI is InChI=1S/C29H33N5O3S/c1-18-7-12-24(25(15-18)37-2)23-6-4-3-5-19(23)17-31-20-8-10-21(11-9-20)32-28-30-14-13-22(33-28)16-26-27(35)34-29(36)38-26/h3-6,12-16,18,20-21,31H,7-11,17H2,1-2H3,(H,30,32,33)(H,34,35,36)/b26-16-. The third-order valence-electron chi connectivity index (χ3n) is 7.16. The van der Waals surface area contributed by atoms with Gasteiger partial charge in [-0.2, -0.15) is 0 Å². The number of hydrogen-bond donors (Lipinski definition) is 3. The lowest BCUT2D eigenvalue weighted by atomic mass is 9.89. The Morgan fingerprint density at radius 1 is 1.13 bits per heavy atom. The SMILES string of the molecule is COC1=CC(C)CC=C1c1ccccc1CNC1CCC(Nc2nccc(/C=C3\SC(=O)NC3=O)n2)CC1. The van der Waals surface area contributed by atoms with Crippen LogP contribution in [0.25, 0.3) is 11.6 Å². The maximum absolute atomic E-state index is 11.8. The molecule has 3 N–H and O–H groups in total. The lowest BCUT2D eigenvalue weighted by Gasteiger charge is -2.30. The second-order valence-electron chi connectivity index (χ2n) is 9.95. The molecule has 0 spiro atoms. The summed E-state index contributed by atoms with van der Waals surface area (Å²) in [5.74, 6) is 1.61. The molecule has 1 saturated carbocycles. The van der Waals surface area contributed by atoms with E-state index in [4.69, 9.17) is 4.74 Å². The van der Waals surface area contributed by atoms with E-state index in [9.17, 15) is 9.59 Å². The Kier molecular flexibility index (Phi) is 8.24. The number of imide groups is 1. The largest absolute Gasteiger partial charge is 0.496 e. The fourth-order valence-corrected chi connectivity index (χ4v) is 5.80. The Bertz CT molecular complexity index is 1300. The first-order valence-corrected chi connectivity index (χ1v) is 13.9. The van der Waals surface area contributed by atoms with Crippen molar-refractivity contribution >= 4 is 40.5 Å². The second kappa shape index (κ2) is 12.0. The molecule has 2 aromatic rings. The number of rotatable bonds is 8. The number of allylic oxidation sites excluding steroid dienone is 3. The smallest absolute Gasteiger partial charge is 0.290 e. The summed E-state index contributed by atoms with van der Waals surface area (Å²) in [5.41, 5.74) is 4.30. The van der Waals surface area contributed by atoms with Crippen LogP contribution >= 0.6 is 11.8 Å².